The van der Waals surface area contributed by atoms with Crippen molar-refractivity contribution in [1.82, 2.24) is 15.0 Å². The van der Waals surface area contributed by atoms with Crippen LogP contribution in [-0.4, -0.2) is 21.0 Å². The van der Waals surface area contributed by atoms with E-state index in [-0.39, 0.29) is 0 Å². The minimum atomic E-state index is 0.590. The number of fused-ring (bicyclic) bond motifs is 3. The molecule has 2 aromatic heterocycles. The van der Waals surface area contributed by atoms with Gasteiger partial charge in [0.25, 0.3) is 0 Å². The Morgan fingerprint density at radius 3 is 2.80 bits per heavy atom. The molecule has 0 unspecified atom stereocenters. The Labute approximate surface area is 119 Å². The van der Waals surface area contributed by atoms with Crippen molar-refractivity contribution < 1.29 is 0 Å². The summed E-state index contributed by atoms with van der Waals surface area (Å²) in [5.41, 5.74) is 3.03. The van der Waals surface area contributed by atoms with Crippen LogP contribution in [0.15, 0.2) is 12.4 Å². The Kier molecular flexibility index (Phi) is 2.65. The van der Waals surface area contributed by atoms with E-state index in [9.17, 15) is 0 Å². The maximum Gasteiger partial charge on any atom is 0.165 e. The molecular weight excluding hydrogens is 248 g/mol. The van der Waals surface area contributed by atoms with E-state index in [2.05, 4.69) is 33.3 Å². The third kappa shape index (κ3) is 1.86. The van der Waals surface area contributed by atoms with E-state index >= 15 is 0 Å². The van der Waals surface area contributed by atoms with Gasteiger partial charge in [-0.05, 0) is 56.6 Å². The average molecular weight is 268 g/mol. The van der Waals surface area contributed by atoms with Crippen LogP contribution < -0.4 is 5.32 Å². The zero-order valence-electron chi connectivity index (χ0n) is 12.1. The van der Waals surface area contributed by atoms with Crippen molar-refractivity contribution in [3.05, 3.63) is 23.7 Å². The fraction of sp³-hybridized carbons (Fsp3) is 0.562. The number of aromatic nitrogens is 3. The van der Waals surface area contributed by atoms with Crippen LogP contribution in [0, 0.1) is 25.7 Å². The number of rotatable bonds is 2. The maximum atomic E-state index is 4.53. The van der Waals surface area contributed by atoms with Crippen LogP contribution in [0.5, 0.6) is 0 Å². The first kappa shape index (κ1) is 12.1. The SMILES string of the molecule is Cc1cc(C)c2c(N[C@@H]3C[C@@H]4CC[C@H]3C4)ncnc2n1. The van der Waals surface area contributed by atoms with Crippen molar-refractivity contribution in [3.63, 3.8) is 0 Å². The van der Waals surface area contributed by atoms with E-state index in [1.807, 2.05) is 6.92 Å². The molecule has 0 radical (unpaired) electrons. The van der Waals surface area contributed by atoms with Crippen molar-refractivity contribution in [2.75, 3.05) is 5.32 Å². The van der Waals surface area contributed by atoms with E-state index in [1.165, 1.54) is 31.2 Å². The van der Waals surface area contributed by atoms with Crippen LogP contribution >= 0.6 is 0 Å². The van der Waals surface area contributed by atoms with Crippen LogP contribution in [0.2, 0.25) is 0 Å². The summed E-state index contributed by atoms with van der Waals surface area (Å²) in [6, 6.07) is 2.70. The first-order chi connectivity index (χ1) is 9.70. The van der Waals surface area contributed by atoms with Gasteiger partial charge in [-0.2, -0.15) is 0 Å². The van der Waals surface area contributed by atoms with Crippen molar-refractivity contribution in [1.29, 1.82) is 0 Å². The van der Waals surface area contributed by atoms with Crippen LogP contribution in [0.4, 0.5) is 5.82 Å². The molecule has 2 bridgehead atoms. The summed E-state index contributed by atoms with van der Waals surface area (Å²) in [7, 11) is 0. The molecule has 2 aromatic rings. The molecule has 4 rings (SSSR count). The minimum Gasteiger partial charge on any atom is -0.366 e. The van der Waals surface area contributed by atoms with E-state index in [0.717, 1.165) is 34.4 Å². The standard InChI is InChI=1S/C16H20N4/c1-9-5-10(2)19-15-14(9)16(18-8-17-15)20-13-7-11-3-4-12(13)6-11/h5,8,11-13H,3-4,6-7H2,1-2H3,(H,17,18,19,20)/t11-,12+,13-/m1/s1. The van der Waals surface area contributed by atoms with Gasteiger partial charge in [-0.1, -0.05) is 6.42 Å². The monoisotopic (exact) mass is 268 g/mol. The van der Waals surface area contributed by atoms with Gasteiger partial charge < -0.3 is 5.32 Å². The third-order valence-corrected chi connectivity index (χ3v) is 4.99. The number of nitrogens with one attached hydrogen (secondary N) is 1. The molecule has 0 spiro atoms. The van der Waals surface area contributed by atoms with Gasteiger partial charge in [0.05, 0.1) is 5.39 Å². The Balaban J connectivity index is 1.73. The predicted molar refractivity (Wildman–Crippen MR) is 79.7 cm³/mol. The summed E-state index contributed by atoms with van der Waals surface area (Å²) in [6.45, 7) is 4.13. The lowest BCUT2D eigenvalue weighted by atomic mass is 9.95. The van der Waals surface area contributed by atoms with Crippen molar-refractivity contribution >= 4 is 16.9 Å². The smallest absolute Gasteiger partial charge is 0.165 e. The van der Waals surface area contributed by atoms with E-state index in [0.29, 0.717) is 6.04 Å². The fourth-order valence-corrected chi connectivity index (χ4v) is 4.12. The topological polar surface area (TPSA) is 50.7 Å². The number of aryl methyl sites for hydroxylation is 2. The van der Waals surface area contributed by atoms with E-state index in [1.54, 1.807) is 6.33 Å². The Morgan fingerprint density at radius 2 is 2.05 bits per heavy atom. The Morgan fingerprint density at radius 1 is 1.15 bits per heavy atom. The van der Waals surface area contributed by atoms with Gasteiger partial charge in [0.1, 0.15) is 12.1 Å². The quantitative estimate of drug-likeness (QED) is 0.908. The molecule has 20 heavy (non-hydrogen) atoms. The highest BCUT2D eigenvalue weighted by Gasteiger charge is 2.39. The van der Waals surface area contributed by atoms with Crippen molar-refractivity contribution in [2.45, 2.75) is 45.6 Å². The molecule has 2 aliphatic rings. The maximum absolute atomic E-state index is 4.53. The molecule has 0 amide bonds. The second-order valence-electron chi connectivity index (χ2n) is 6.43. The summed E-state index contributed by atoms with van der Waals surface area (Å²) in [5, 5.41) is 4.77. The highest BCUT2D eigenvalue weighted by molar-refractivity contribution is 5.89. The third-order valence-electron chi connectivity index (χ3n) is 4.99. The van der Waals surface area contributed by atoms with Gasteiger partial charge in [0, 0.05) is 11.7 Å². The largest absolute Gasteiger partial charge is 0.366 e. The van der Waals surface area contributed by atoms with Gasteiger partial charge in [-0.3, -0.25) is 0 Å². The molecule has 3 atom stereocenters. The van der Waals surface area contributed by atoms with Crippen molar-refractivity contribution in [2.24, 2.45) is 11.8 Å². The number of pyridine rings is 1. The lowest BCUT2D eigenvalue weighted by molar-refractivity contribution is 0.439. The molecule has 0 aromatic carbocycles. The molecule has 0 aliphatic heterocycles. The zero-order chi connectivity index (χ0) is 13.7. The number of nitrogens with zero attached hydrogens (tertiary/aromatic N) is 3. The first-order valence-corrected chi connectivity index (χ1v) is 7.56. The normalized spacial score (nSPS) is 28.2. The highest BCUT2D eigenvalue weighted by atomic mass is 15.1. The minimum absolute atomic E-state index is 0.590. The zero-order valence-corrected chi connectivity index (χ0v) is 12.1. The molecule has 4 nitrogen and oxygen atoms in total. The summed E-state index contributed by atoms with van der Waals surface area (Å²) in [6.07, 6.45) is 7.13. The first-order valence-electron chi connectivity index (χ1n) is 7.56. The molecule has 0 saturated heterocycles. The highest BCUT2D eigenvalue weighted by Crippen LogP contribution is 2.45. The molecule has 4 heteroatoms. The Hall–Kier alpha value is -1.71. The van der Waals surface area contributed by atoms with Crippen LogP contribution in [0.1, 0.15) is 36.9 Å². The average Bonchev–Trinajstić information content (AvgIpc) is 3.00. The fourth-order valence-electron chi connectivity index (χ4n) is 4.12. The summed E-state index contributed by atoms with van der Waals surface area (Å²) in [5.74, 6) is 2.74. The van der Waals surface area contributed by atoms with Gasteiger partial charge >= 0.3 is 0 Å². The van der Waals surface area contributed by atoms with E-state index in [4.69, 9.17) is 0 Å². The van der Waals surface area contributed by atoms with Gasteiger partial charge in [0.15, 0.2) is 5.65 Å². The molecule has 2 saturated carbocycles. The summed E-state index contributed by atoms with van der Waals surface area (Å²) in [4.78, 5) is 13.3. The van der Waals surface area contributed by atoms with Gasteiger partial charge in [-0.25, -0.2) is 15.0 Å². The molecular formula is C16H20N4. The van der Waals surface area contributed by atoms with Gasteiger partial charge in [0.2, 0.25) is 0 Å². The lowest BCUT2D eigenvalue weighted by Crippen LogP contribution is -2.26. The molecule has 2 heterocycles. The van der Waals surface area contributed by atoms with E-state index < -0.39 is 0 Å². The summed E-state index contributed by atoms with van der Waals surface area (Å²) >= 11 is 0. The number of hydrogen-bond donors (Lipinski definition) is 1. The predicted octanol–water partition coefficient (Wildman–Crippen LogP) is 3.24. The second kappa shape index (κ2) is 4.40. The molecule has 2 fully saturated rings. The Bertz CT molecular complexity index is 667. The molecule has 104 valence electrons. The van der Waals surface area contributed by atoms with Crippen LogP contribution in [0.3, 0.4) is 0 Å². The molecule has 1 N–H and O–H groups in total. The van der Waals surface area contributed by atoms with Gasteiger partial charge in [-0.15, -0.1) is 0 Å². The number of anilines is 1. The van der Waals surface area contributed by atoms with Crippen LogP contribution in [0.25, 0.3) is 11.0 Å². The van der Waals surface area contributed by atoms with Crippen molar-refractivity contribution in [3.8, 4) is 0 Å². The summed E-state index contributed by atoms with van der Waals surface area (Å²) < 4.78 is 0. The molecule has 2 aliphatic carbocycles. The number of hydrogen-bond acceptors (Lipinski definition) is 4. The second-order valence-corrected chi connectivity index (χ2v) is 6.43. The lowest BCUT2D eigenvalue weighted by Gasteiger charge is -2.24. The van der Waals surface area contributed by atoms with Crippen LogP contribution in [-0.2, 0) is 0 Å².